The minimum atomic E-state index is -1.02. The number of hydrogen-bond acceptors (Lipinski definition) is 5. The van der Waals surface area contributed by atoms with Gasteiger partial charge in [-0.3, -0.25) is 14.4 Å². The summed E-state index contributed by atoms with van der Waals surface area (Å²) in [6.07, 6.45) is 5.55. The summed E-state index contributed by atoms with van der Waals surface area (Å²) >= 11 is 5.56. The minimum Gasteiger partial charge on any atom is -0.503 e. The number of nitrogens with zero attached hydrogens (tertiary/aromatic N) is 2. The Bertz CT molecular complexity index is 1290. The molecule has 11 heteroatoms. The molecule has 8 nitrogen and oxygen atoms in total. The van der Waals surface area contributed by atoms with Gasteiger partial charge in [0.15, 0.2) is 11.4 Å². The molecule has 172 valence electrons. The fraction of sp³-hybridized carbons (Fsp3) is 0.318. The van der Waals surface area contributed by atoms with Gasteiger partial charge in [0, 0.05) is 24.8 Å². The van der Waals surface area contributed by atoms with Gasteiger partial charge >= 0.3 is 0 Å². The zero-order valence-electron chi connectivity index (χ0n) is 17.1. The van der Waals surface area contributed by atoms with E-state index in [-0.39, 0.29) is 31.0 Å². The molecule has 3 aliphatic heterocycles. The Labute approximate surface area is 191 Å². The Morgan fingerprint density at radius 3 is 2.88 bits per heavy atom. The molecule has 2 atom stereocenters. The molecule has 33 heavy (non-hydrogen) atoms. The van der Waals surface area contributed by atoms with E-state index in [0.29, 0.717) is 13.0 Å². The fourth-order valence-corrected chi connectivity index (χ4v) is 4.96. The van der Waals surface area contributed by atoms with Crippen molar-refractivity contribution < 1.29 is 28.2 Å². The molecule has 1 spiro atoms. The molecular formula is C22H18ClF2N3O5. The number of nitrogens with one attached hydrogen (secondary N) is 1. The maximum atomic E-state index is 14.1. The number of ether oxygens (including phenoxy) is 1. The second-order valence-electron chi connectivity index (χ2n) is 8.22. The van der Waals surface area contributed by atoms with Crippen LogP contribution in [0.1, 0.15) is 38.9 Å². The summed E-state index contributed by atoms with van der Waals surface area (Å²) in [6.45, 7) is 0.459. The summed E-state index contributed by atoms with van der Waals surface area (Å²) in [4.78, 5) is 40.3. The van der Waals surface area contributed by atoms with Crippen LogP contribution in [0.4, 0.5) is 8.78 Å². The van der Waals surface area contributed by atoms with Crippen LogP contribution in [0.25, 0.3) is 0 Å². The summed E-state index contributed by atoms with van der Waals surface area (Å²) in [5.41, 5.74) is -2.40. The molecule has 1 aromatic carbocycles. The normalized spacial score (nSPS) is 23.2. The first-order valence-electron chi connectivity index (χ1n) is 10.2. The van der Waals surface area contributed by atoms with E-state index in [1.807, 2.05) is 12.2 Å². The van der Waals surface area contributed by atoms with E-state index < -0.39 is 56.8 Å². The van der Waals surface area contributed by atoms with E-state index >= 15 is 0 Å². The quantitative estimate of drug-likeness (QED) is 0.521. The van der Waals surface area contributed by atoms with E-state index in [0.717, 1.165) is 12.1 Å². The Balaban J connectivity index is 1.52. The van der Waals surface area contributed by atoms with Crippen molar-refractivity contribution in [3.05, 3.63) is 74.2 Å². The van der Waals surface area contributed by atoms with Crippen LogP contribution in [0, 0.1) is 11.6 Å². The van der Waals surface area contributed by atoms with E-state index in [4.69, 9.17) is 16.3 Å². The molecule has 0 bridgehead atoms. The highest BCUT2D eigenvalue weighted by Crippen LogP contribution is 2.45. The number of carbonyl (C=O) groups excluding carboxylic acids is 2. The zero-order valence-corrected chi connectivity index (χ0v) is 17.9. The standard InChI is InChI=1S/C22H18ClF2N3O5/c23-15-13(24)4-3-11(16(15)25)7-26-20(31)12-8-27-14-9-33-10-22(14)5-1-2-6-28(22)21(32)17(27)19(30)18(12)29/h1-4,8,14,30H,5-7,9-10H2,(H,26,31)/t14-,22+/m0/s1. The van der Waals surface area contributed by atoms with E-state index in [9.17, 15) is 28.3 Å². The third-order valence-corrected chi connectivity index (χ3v) is 6.85. The van der Waals surface area contributed by atoms with Crippen LogP contribution in [0.15, 0.2) is 35.3 Å². The van der Waals surface area contributed by atoms with Crippen molar-refractivity contribution in [2.75, 3.05) is 19.8 Å². The number of carbonyl (C=O) groups is 2. The van der Waals surface area contributed by atoms with Crippen LogP contribution in [-0.4, -0.2) is 51.7 Å². The molecule has 4 heterocycles. The van der Waals surface area contributed by atoms with Crippen molar-refractivity contribution in [1.82, 2.24) is 14.8 Å². The Morgan fingerprint density at radius 1 is 1.30 bits per heavy atom. The number of aromatic hydroxyl groups is 1. The van der Waals surface area contributed by atoms with E-state index in [1.54, 1.807) is 4.90 Å². The molecule has 1 saturated heterocycles. The van der Waals surface area contributed by atoms with Gasteiger partial charge in [-0.05, 0) is 12.5 Å². The second-order valence-corrected chi connectivity index (χ2v) is 8.60. The van der Waals surface area contributed by atoms with Gasteiger partial charge in [-0.15, -0.1) is 0 Å². The highest BCUT2D eigenvalue weighted by atomic mass is 35.5. The predicted octanol–water partition coefficient (Wildman–Crippen LogP) is 2.14. The maximum absolute atomic E-state index is 14.1. The van der Waals surface area contributed by atoms with Crippen molar-refractivity contribution in [3.8, 4) is 5.75 Å². The highest BCUT2D eigenvalue weighted by Gasteiger charge is 2.56. The zero-order chi connectivity index (χ0) is 23.5. The lowest BCUT2D eigenvalue weighted by molar-refractivity contribution is 0.0246. The fourth-order valence-electron chi connectivity index (χ4n) is 4.77. The van der Waals surface area contributed by atoms with Crippen molar-refractivity contribution in [2.45, 2.75) is 24.5 Å². The van der Waals surface area contributed by atoms with Crippen molar-refractivity contribution in [3.63, 3.8) is 0 Å². The van der Waals surface area contributed by atoms with Crippen LogP contribution in [0.2, 0.25) is 5.02 Å². The minimum absolute atomic E-state index is 0.0833. The van der Waals surface area contributed by atoms with Crippen molar-refractivity contribution in [2.24, 2.45) is 0 Å². The first-order chi connectivity index (χ1) is 15.8. The van der Waals surface area contributed by atoms with Crippen molar-refractivity contribution >= 4 is 23.4 Å². The van der Waals surface area contributed by atoms with Gasteiger partial charge in [0.05, 0.1) is 24.8 Å². The summed E-state index contributed by atoms with van der Waals surface area (Å²) < 4.78 is 34.6. The van der Waals surface area contributed by atoms with Gasteiger partial charge in [0.25, 0.3) is 11.8 Å². The molecule has 1 aromatic heterocycles. The topological polar surface area (TPSA) is 101 Å². The number of benzene rings is 1. The molecule has 2 amide bonds. The molecular weight excluding hydrogens is 460 g/mol. The van der Waals surface area contributed by atoms with E-state index in [2.05, 4.69) is 5.32 Å². The molecule has 2 N–H and O–H groups in total. The summed E-state index contributed by atoms with van der Waals surface area (Å²) in [5.74, 6) is -4.21. The summed E-state index contributed by atoms with van der Waals surface area (Å²) in [6, 6.07) is 1.67. The third-order valence-electron chi connectivity index (χ3n) is 6.50. The molecule has 5 rings (SSSR count). The lowest BCUT2D eigenvalue weighted by atomic mass is 9.82. The Hall–Kier alpha value is -3.24. The number of halogens is 3. The molecule has 0 saturated carbocycles. The molecule has 0 unspecified atom stereocenters. The molecule has 3 aliphatic rings. The average Bonchev–Trinajstić information content (AvgIpc) is 3.22. The predicted molar refractivity (Wildman–Crippen MR) is 112 cm³/mol. The van der Waals surface area contributed by atoms with Gasteiger partial charge < -0.3 is 24.6 Å². The van der Waals surface area contributed by atoms with Crippen LogP contribution in [-0.2, 0) is 11.3 Å². The van der Waals surface area contributed by atoms with Gasteiger partial charge in [-0.1, -0.05) is 29.8 Å². The summed E-state index contributed by atoms with van der Waals surface area (Å²) in [5, 5.41) is 12.3. The maximum Gasteiger partial charge on any atom is 0.275 e. The molecule has 0 aliphatic carbocycles. The van der Waals surface area contributed by atoms with Gasteiger partial charge in [0.1, 0.15) is 22.2 Å². The van der Waals surface area contributed by atoms with Crippen molar-refractivity contribution in [1.29, 1.82) is 0 Å². The Morgan fingerprint density at radius 2 is 2.09 bits per heavy atom. The molecule has 0 radical (unpaired) electrons. The number of rotatable bonds is 3. The smallest absolute Gasteiger partial charge is 0.275 e. The number of aromatic nitrogens is 1. The van der Waals surface area contributed by atoms with Gasteiger partial charge in [0.2, 0.25) is 5.43 Å². The van der Waals surface area contributed by atoms with Crippen LogP contribution in [0.3, 0.4) is 0 Å². The summed E-state index contributed by atoms with van der Waals surface area (Å²) in [7, 11) is 0. The SMILES string of the molecule is O=C(NCc1ccc(F)c(Cl)c1F)c1cn2c(c(O)c1=O)C(=O)N1CC=CC[C@]13COC[C@H]23. The first-order valence-corrected chi connectivity index (χ1v) is 10.6. The number of fused-ring (bicyclic) bond motifs is 2. The highest BCUT2D eigenvalue weighted by molar-refractivity contribution is 6.30. The number of amides is 2. The second kappa shape index (κ2) is 7.67. The third kappa shape index (κ3) is 3.08. The lowest BCUT2D eigenvalue weighted by Gasteiger charge is -2.49. The first kappa shape index (κ1) is 21.6. The molecule has 1 fully saturated rings. The van der Waals surface area contributed by atoms with Gasteiger partial charge in [-0.2, -0.15) is 0 Å². The molecule has 2 aromatic rings. The lowest BCUT2D eigenvalue weighted by Crippen LogP contribution is -2.62. The Kier molecular flexibility index (Phi) is 5.02. The van der Waals surface area contributed by atoms with Crippen LogP contribution >= 0.6 is 11.6 Å². The largest absolute Gasteiger partial charge is 0.503 e. The van der Waals surface area contributed by atoms with Gasteiger partial charge in [-0.25, -0.2) is 8.78 Å². The van der Waals surface area contributed by atoms with Crippen LogP contribution < -0.4 is 10.7 Å². The monoisotopic (exact) mass is 477 g/mol. The average molecular weight is 478 g/mol. The van der Waals surface area contributed by atoms with E-state index in [1.165, 1.54) is 10.8 Å². The number of pyridine rings is 1. The van der Waals surface area contributed by atoms with Crippen LogP contribution in [0.5, 0.6) is 5.75 Å². The number of hydrogen-bond donors (Lipinski definition) is 2.